The van der Waals surface area contributed by atoms with E-state index < -0.39 is 0 Å². The lowest BCUT2D eigenvalue weighted by atomic mass is 9.90. The van der Waals surface area contributed by atoms with Crippen molar-refractivity contribution in [1.29, 1.82) is 0 Å². The number of rotatable bonds is 5. The van der Waals surface area contributed by atoms with E-state index in [-0.39, 0.29) is 5.41 Å². The number of anilines is 1. The molecule has 108 valence electrons. The van der Waals surface area contributed by atoms with Gasteiger partial charge in [0.15, 0.2) is 0 Å². The summed E-state index contributed by atoms with van der Waals surface area (Å²) in [7, 11) is 2.13. The fraction of sp³-hybridized carbons (Fsp3) is 0.688. The van der Waals surface area contributed by atoms with E-state index in [2.05, 4.69) is 58.7 Å². The first-order valence-corrected chi connectivity index (χ1v) is 7.27. The van der Waals surface area contributed by atoms with Crippen molar-refractivity contribution in [3.05, 3.63) is 23.4 Å². The highest BCUT2D eigenvalue weighted by Gasteiger charge is 2.19. The average Bonchev–Trinajstić information content (AvgIpc) is 2.38. The molecule has 0 aromatic carbocycles. The molecule has 0 radical (unpaired) electrons. The van der Waals surface area contributed by atoms with Gasteiger partial charge in [0.25, 0.3) is 0 Å². The van der Waals surface area contributed by atoms with Gasteiger partial charge >= 0.3 is 0 Å². The zero-order chi connectivity index (χ0) is 14.6. The number of hydrogen-bond donors (Lipinski definition) is 1. The highest BCUT2D eigenvalue weighted by atomic mass is 15.2. The lowest BCUT2D eigenvalue weighted by Gasteiger charge is -2.29. The molecule has 1 aromatic heterocycles. The largest absolute Gasteiger partial charge is 0.357 e. The average molecular weight is 263 g/mol. The predicted octanol–water partition coefficient (Wildman–Crippen LogP) is 3.46. The van der Waals surface area contributed by atoms with Gasteiger partial charge < -0.3 is 10.6 Å². The van der Waals surface area contributed by atoms with E-state index >= 15 is 0 Å². The molecule has 3 heteroatoms. The van der Waals surface area contributed by atoms with Crippen molar-refractivity contribution in [3.63, 3.8) is 0 Å². The third-order valence-electron chi connectivity index (χ3n) is 3.73. The molecule has 1 aromatic rings. The van der Waals surface area contributed by atoms with Crippen LogP contribution in [-0.2, 0) is 12.0 Å². The van der Waals surface area contributed by atoms with Crippen LogP contribution in [0.25, 0.3) is 0 Å². The smallest absolute Gasteiger partial charge is 0.129 e. The van der Waals surface area contributed by atoms with Crippen LogP contribution < -0.4 is 10.6 Å². The van der Waals surface area contributed by atoms with Crippen LogP contribution in [0.3, 0.4) is 0 Å². The van der Waals surface area contributed by atoms with Gasteiger partial charge in [-0.05, 0) is 30.5 Å². The first-order chi connectivity index (χ1) is 8.83. The van der Waals surface area contributed by atoms with Crippen molar-refractivity contribution in [2.24, 2.45) is 5.73 Å². The van der Waals surface area contributed by atoms with E-state index in [0.717, 1.165) is 29.9 Å². The second kappa shape index (κ2) is 6.38. The Morgan fingerprint density at radius 3 is 2.21 bits per heavy atom. The molecule has 2 N–H and O–H groups in total. The molecule has 0 bridgehead atoms. The standard InChI is InChI=1S/C16H29N3/c1-7-13(8-2)19(6)15-10-12(11-17)9-14(18-15)16(3,4)5/h9-10,13H,7-8,11,17H2,1-6H3. The van der Waals surface area contributed by atoms with Crippen molar-refractivity contribution in [2.75, 3.05) is 11.9 Å². The number of aromatic nitrogens is 1. The number of nitrogens with two attached hydrogens (primary N) is 1. The normalized spacial score (nSPS) is 12.0. The van der Waals surface area contributed by atoms with Crippen LogP contribution >= 0.6 is 0 Å². The minimum atomic E-state index is 0.0503. The van der Waals surface area contributed by atoms with Gasteiger partial charge in [0, 0.05) is 30.7 Å². The molecular formula is C16H29N3. The van der Waals surface area contributed by atoms with Crippen molar-refractivity contribution in [3.8, 4) is 0 Å². The Kier molecular flexibility index (Phi) is 5.36. The molecule has 1 rings (SSSR count). The van der Waals surface area contributed by atoms with E-state index in [1.165, 1.54) is 0 Å². The zero-order valence-electron chi connectivity index (χ0n) is 13.3. The van der Waals surface area contributed by atoms with Gasteiger partial charge in [0.1, 0.15) is 5.82 Å². The fourth-order valence-electron chi connectivity index (χ4n) is 2.28. The summed E-state index contributed by atoms with van der Waals surface area (Å²) in [6.07, 6.45) is 2.26. The van der Waals surface area contributed by atoms with Crippen LogP contribution in [0.15, 0.2) is 12.1 Å². The third kappa shape index (κ3) is 3.93. The second-order valence-corrected chi connectivity index (χ2v) is 6.25. The molecule has 0 aliphatic heterocycles. The second-order valence-electron chi connectivity index (χ2n) is 6.25. The van der Waals surface area contributed by atoms with E-state index in [0.29, 0.717) is 12.6 Å². The van der Waals surface area contributed by atoms with Crippen molar-refractivity contribution >= 4 is 5.82 Å². The molecule has 0 atom stereocenters. The molecule has 19 heavy (non-hydrogen) atoms. The highest BCUT2D eigenvalue weighted by molar-refractivity contribution is 5.44. The molecule has 0 aliphatic rings. The van der Waals surface area contributed by atoms with E-state index in [1.54, 1.807) is 0 Å². The Morgan fingerprint density at radius 2 is 1.79 bits per heavy atom. The lowest BCUT2D eigenvalue weighted by molar-refractivity contribution is 0.556. The monoisotopic (exact) mass is 263 g/mol. The molecule has 1 heterocycles. The summed E-state index contributed by atoms with van der Waals surface area (Å²) in [5.74, 6) is 1.04. The SMILES string of the molecule is CCC(CC)N(C)c1cc(CN)cc(C(C)(C)C)n1. The molecule has 0 spiro atoms. The van der Waals surface area contributed by atoms with Gasteiger partial charge in [-0.1, -0.05) is 34.6 Å². The highest BCUT2D eigenvalue weighted by Crippen LogP contribution is 2.26. The van der Waals surface area contributed by atoms with Crippen molar-refractivity contribution in [2.45, 2.75) is 65.5 Å². The zero-order valence-corrected chi connectivity index (χ0v) is 13.3. The molecule has 0 saturated carbocycles. The van der Waals surface area contributed by atoms with Crippen LogP contribution in [0.1, 0.15) is 58.7 Å². The van der Waals surface area contributed by atoms with Gasteiger partial charge in [-0.2, -0.15) is 0 Å². The molecule has 0 amide bonds. The molecule has 0 unspecified atom stereocenters. The molecule has 0 saturated heterocycles. The predicted molar refractivity (Wildman–Crippen MR) is 83.6 cm³/mol. The van der Waals surface area contributed by atoms with Crippen LogP contribution in [0.5, 0.6) is 0 Å². The van der Waals surface area contributed by atoms with Crippen molar-refractivity contribution < 1.29 is 0 Å². The first kappa shape index (κ1) is 16.0. The fourth-order valence-corrected chi connectivity index (χ4v) is 2.28. The van der Waals surface area contributed by atoms with Crippen molar-refractivity contribution in [1.82, 2.24) is 4.98 Å². The van der Waals surface area contributed by atoms with Gasteiger partial charge in [-0.15, -0.1) is 0 Å². The number of pyridine rings is 1. The summed E-state index contributed by atoms with van der Waals surface area (Å²) in [6, 6.07) is 4.78. The summed E-state index contributed by atoms with van der Waals surface area (Å²) >= 11 is 0. The molecular weight excluding hydrogens is 234 g/mol. The number of hydrogen-bond acceptors (Lipinski definition) is 3. The number of nitrogens with zero attached hydrogens (tertiary/aromatic N) is 2. The van der Waals surface area contributed by atoms with E-state index in [4.69, 9.17) is 10.7 Å². The molecule has 3 nitrogen and oxygen atoms in total. The van der Waals surface area contributed by atoms with Gasteiger partial charge in [0.05, 0.1) is 0 Å². The maximum atomic E-state index is 5.83. The minimum Gasteiger partial charge on any atom is -0.357 e. The van der Waals surface area contributed by atoms with E-state index in [9.17, 15) is 0 Å². The minimum absolute atomic E-state index is 0.0503. The summed E-state index contributed by atoms with van der Waals surface area (Å²) in [4.78, 5) is 7.13. The van der Waals surface area contributed by atoms with Gasteiger partial charge in [0.2, 0.25) is 0 Å². The maximum absolute atomic E-state index is 5.83. The first-order valence-electron chi connectivity index (χ1n) is 7.27. The molecule has 0 fully saturated rings. The Bertz CT molecular complexity index is 403. The lowest BCUT2D eigenvalue weighted by Crippen LogP contribution is -2.32. The third-order valence-corrected chi connectivity index (χ3v) is 3.73. The quantitative estimate of drug-likeness (QED) is 0.884. The molecule has 0 aliphatic carbocycles. The Hall–Kier alpha value is -1.09. The maximum Gasteiger partial charge on any atom is 0.129 e. The summed E-state index contributed by atoms with van der Waals surface area (Å²) in [5.41, 5.74) is 8.15. The Labute approximate surface area is 118 Å². The van der Waals surface area contributed by atoms with Gasteiger partial charge in [-0.3, -0.25) is 0 Å². The van der Waals surface area contributed by atoms with Crippen LogP contribution in [0.4, 0.5) is 5.82 Å². The van der Waals surface area contributed by atoms with Crippen LogP contribution in [-0.4, -0.2) is 18.1 Å². The van der Waals surface area contributed by atoms with E-state index in [1.807, 2.05) is 0 Å². The Balaban J connectivity index is 3.20. The summed E-state index contributed by atoms with van der Waals surface area (Å²) in [6.45, 7) is 11.6. The Morgan fingerprint density at radius 1 is 1.21 bits per heavy atom. The summed E-state index contributed by atoms with van der Waals surface area (Å²) < 4.78 is 0. The van der Waals surface area contributed by atoms with Crippen LogP contribution in [0, 0.1) is 0 Å². The van der Waals surface area contributed by atoms with Crippen LogP contribution in [0.2, 0.25) is 0 Å². The topological polar surface area (TPSA) is 42.1 Å². The summed E-state index contributed by atoms with van der Waals surface area (Å²) in [5, 5.41) is 0. The van der Waals surface area contributed by atoms with Gasteiger partial charge in [-0.25, -0.2) is 4.98 Å².